The molecule has 0 amide bonds. The first-order valence-electron chi connectivity index (χ1n) is 13.1. The normalized spacial score (nSPS) is 11.5. The van der Waals surface area contributed by atoms with E-state index in [1.807, 2.05) is 60.7 Å². The van der Waals surface area contributed by atoms with Gasteiger partial charge in [0.2, 0.25) is 0 Å². The highest BCUT2D eigenvalue weighted by Crippen LogP contribution is 2.37. The van der Waals surface area contributed by atoms with Gasteiger partial charge in [0.05, 0.1) is 5.69 Å². The number of fused-ring (bicyclic) bond motifs is 5. The largest absolute Gasteiger partial charge is 0.284 e. The van der Waals surface area contributed by atoms with Gasteiger partial charge >= 0.3 is 0 Å². The van der Waals surface area contributed by atoms with Gasteiger partial charge in [0, 0.05) is 26.8 Å². The lowest BCUT2D eigenvalue weighted by molar-refractivity contribution is 1.07. The minimum atomic E-state index is 0.638. The van der Waals surface area contributed by atoms with Crippen LogP contribution >= 0.6 is 11.3 Å². The first kappa shape index (κ1) is 22.8. The Labute approximate surface area is 234 Å². The van der Waals surface area contributed by atoms with Crippen LogP contribution in [0.2, 0.25) is 0 Å². The van der Waals surface area contributed by atoms with Crippen molar-refractivity contribution < 1.29 is 0 Å². The van der Waals surface area contributed by atoms with Gasteiger partial charge < -0.3 is 0 Å². The van der Waals surface area contributed by atoms with E-state index >= 15 is 0 Å². The third-order valence-corrected chi connectivity index (χ3v) is 8.21. The summed E-state index contributed by atoms with van der Waals surface area (Å²) in [6.07, 6.45) is 0. The van der Waals surface area contributed by atoms with E-state index in [-0.39, 0.29) is 0 Å². The lowest BCUT2D eigenvalue weighted by atomic mass is 10.1. The Bertz CT molecular complexity index is 2110. The molecule has 0 aliphatic heterocycles. The summed E-state index contributed by atoms with van der Waals surface area (Å²) in [6.45, 7) is 0. The molecular weight excluding hydrogens is 510 g/mol. The van der Waals surface area contributed by atoms with Crippen molar-refractivity contribution in [3.05, 3.63) is 127 Å². The number of hydrogen-bond acceptors (Lipinski definition) is 5. The van der Waals surface area contributed by atoms with Gasteiger partial charge in [-0.15, -0.1) is 11.3 Å². The van der Waals surface area contributed by atoms with Crippen molar-refractivity contribution in [3.63, 3.8) is 0 Å². The van der Waals surface area contributed by atoms with E-state index < -0.39 is 0 Å². The van der Waals surface area contributed by atoms with Crippen LogP contribution in [0.5, 0.6) is 0 Å². The molecule has 4 aromatic carbocycles. The van der Waals surface area contributed by atoms with Crippen LogP contribution in [-0.4, -0.2) is 24.3 Å². The van der Waals surface area contributed by atoms with E-state index in [1.54, 1.807) is 11.3 Å². The summed E-state index contributed by atoms with van der Waals surface area (Å²) < 4.78 is 3.50. The Morgan fingerprint density at radius 3 is 1.77 bits per heavy atom. The van der Waals surface area contributed by atoms with Crippen LogP contribution < -0.4 is 0 Å². The SMILES string of the molecule is c1ccc(-c2nc(-c3ccccc3)nc(-c3cccc(-c4cccc5nc6c7ccccc7sc6n45)c3)n2)cc1. The van der Waals surface area contributed by atoms with Gasteiger partial charge in [-0.1, -0.05) is 103 Å². The molecular formula is C34H21N5S. The molecule has 6 heteroatoms. The molecule has 4 heterocycles. The third kappa shape index (κ3) is 3.77. The number of aromatic nitrogens is 5. The van der Waals surface area contributed by atoms with Gasteiger partial charge in [0.25, 0.3) is 0 Å². The molecule has 0 spiro atoms. The van der Waals surface area contributed by atoms with Crippen molar-refractivity contribution in [1.82, 2.24) is 24.3 Å². The maximum Gasteiger partial charge on any atom is 0.164 e. The molecule has 8 aromatic rings. The number of rotatable bonds is 4. The number of hydrogen-bond donors (Lipinski definition) is 0. The number of imidazole rings is 1. The first-order chi connectivity index (χ1) is 19.8. The zero-order valence-corrected chi connectivity index (χ0v) is 22.1. The fourth-order valence-electron chi connectivity index (χ4n) is 5.17. The van der Waals surface area contributed by atoms with E-state index in [0.29, 0.717) is 17.5 Å². The Hall–Kier alpha value is -5.20. The van der Waals surface area contributed by atoms with Crippen molar-refractivity contribution in [2.45, 2.75) is 0 Å². The average Bonchev–Trinajstić information content (AvgIpc) is 3.58. The lowest BCUT2D eigenvalue weighted by Crippen LogP contribution is -2.00. The standard InChI is InChI=1S/C34H21N5S/c1-3-11-22(12-4-1)31-36-32(23-13-5-2-6-14-23)38-33(37-31)25-16-9-15-24(21-25)27-18-10-20-29-35-30-26-17-7-8-19-28(26)40-34(30)39(27)29/h1-21H. The van der Waals surface area contributed by atoms with Crippen molar-refractivity contribution in [2.75, 3.05) is 0 Å². The second-order valence-electron chi connectivity index (χ2n) is 9.59. The number of pyridine rings is 1. The zero-order chi connectivity index (χ0) is 26.5. The van der Waals surface area contributed by atoms with Crippen LogP contribution in [0.4, 0.5) is 0 Å². The minimum Gasteiger partial charge on any atom is -0.284 e. The highest BCUT2D eigenvalue weighted by molar-refractivity contribution is 7.25. The second kappa shape index (κ2) is 9.22. The fourth-order valence-corrected chi connectivity index (χ4v) is 6.34. The number of thiophene rings is 1. The molecule has 40 heavy (non-hydrogen) atoms. The quantitative estimate of drug-likeness (QED) is 0.228. The van der Waals surface area contributed by atoms with Crippen LogP contribution in [0, 0.1) is 0 Å². The van der Waals surface area contributed by atoms with E-state index in [1.165, 1.54) is 10.1 Å². The summed E-state index contributed by atoms with van der Waals surface area (Å²) in [5.41, 5.74) is 6.97. The van der Waals surface area contributed by atoms with E-state index in [2.05, 4.69) is 71.1 Å². The molecule has 0 radical (unpaired) electrons. The maximum absolute atomic E-state index is 5.00. The molecule has 4 aromatic heterocycles. The predicted molar refractivity (Wildman–Crippen MR) is 163 cm³/mol. The Balaban J connectivity index is 1.32. The van der Waals surface area contributed by atoms with Crippen LogP contribution in [0.3, 0.4) is 0 Å². The van der Waals surface area contributed by atoms with Crippen molar-refractivity contribution in [3.8, 4) is 45.4 Å². The molecule has 0 unspecified atom stereocenters. The van der Waals surface area contributed by atoms with Crippen LogP contribution in [0.15, 0.2) is 127 Å². The average molecular weight is 532 g/mol. The molecule has 0 saturated heterocycles. The topological polar surface area (TPSA) is 56.0 Å². The summed E-state index contributed by atoms with van der Waals surface area (Å²) >= 11 is 1.77. The van der Waals surface area contributed by atoms with Crippen molar-refractivity contribution >= 4 is 37.4 Å². The molecule has 0 saturated carbocycles. The summed E-state index contributed by atoms with van der Waals surface area (Å²) in [7, 11) is 0. The Kier molecular flexibility index (Phi) is 5.24. The maximum atomic E-state index is 5.00. The molecule has 0 bridgehead atoms. The molecule has 5 nitrogen and oxygen atoms in total. The van der Waals surface area contributed by atoms with Gasteiger partial charge in [-0.25, -0.2) is 19.9 Å². The van der Waals surface area contributed by atoms with Crippen LogP contribution in [0.1, 0.15) is 0 Å². The minimum absolute atomic E-state index is 0.638. The summed E-state index contributed by atoms with van der Waals surface area (Å²) in [5.74, 6) is 1.94. The molecule has 0 N–H and O–H groups in total. The van der Waals surface area contributed by atoms with Gasteiger partial charge in [0.1, 0.15) is 16.0 Å². The van der Waals surface area contributed by atoms with Gasteiger partial charge in [0.15, 0.2) is 17.5 Å². The molecule has 0 fully saturated rings. The second-order valence-corrected chi connectivity index (χ2v) is 10.6. The van der Waals surface area contributed by atoms with Gasteiger partial charge in [-0.3, -0.25) is 4.40 Å². The molecule has 0 aliphatic carbocycles. The predicted octanol–water partition coefficient (Wildman–Crippen LogP) is 8.56. The third-order valence-electron chi connectivity index (χ3n) is 7.07. The summed E-state index contributed by atoms with van der Waals surface area (Å²) in [5, 5.41) is 1.19. The molecule has 8 rings (SSSR count). The van der Waals surface area contributed by atoms with E-state index in [4.69, 9.17) is 19.9 Å². The van der Waals surface area contributed by atoms with Gasteiger partial charge in [-0.2, -0.15) is 0 Å². The smallest absolute Gasteiger partial charge is 0.164 e. The van der Waals surface area contributed by atoms with Crippen LogP contribution in [0.25, 0.3) is 71.5 Å². The van der Waals surface area contributed by atoms with Crippen molar-refractivity contribution in [1.29, 1.82) is 0 Å². The molecule has 188 valence electrons. The first-order valence-corrected chi connectivity index (χ1v) is 13.9. The zero-order valence-electron chi connectivity index (χ0n) is 21.3. The van der Waals surface area contributed by atoms with E-state index in [9.17, 15) is 0 Å². The van der Waals surface area contributed by atoms with Crippen LogP contribution in [-0.2, 0) is 0 Å². The summed E-state index contributed by atoms with van der Waals surface area (Å²) in [4.78, 5) is 20.8. The van der Waals surface area contributed by atoms with Crippen molar-refractivity contribution in [2.24, 2.45) is 0 Å². The molecule has 0 aliphatic rings. The van der Waals surface area contributed by atoms with Gasteiger partial charge in [-0.05, 0) is 29.8 Å². The molecule has 0 atom stereocenters. The fraction of sp³-hybridized carbons (Fsp3) is 0. The highest BCUT2D eigenvalue weighted by Gasteiger charge is 2.16. The number of nitrogens with zero attached hydrogens (tertiary/aromatic N) is 5. The monoisotopic (exact) mass is 531 g/mol. The Morgan fingerprint density at radius 2 is 1.05 bits per heavy atom. The Morgan fingerprint density at radius 1 is 0.475 bits per heavy atom. The highest BCUT2D eigenvalue weighted by atomic mass is 32.1. The van der Waals surface area contributed by atoms with E-state index in [0.717, 1.165) is 43.9 Å². The number of benzene rings is 4. The lowest BCUT2D eigenvalue weighted by Gasteiger charge is -2.10. The summed E-state index contributed by atoms with van der Waals surface area (Å²) in [6, 6.07) is 43.3.